The molecule has 0 fully saturated rings. The Kier molecular flexibility index (Phi) is 6.06. The number of benzene rings is 2. The van der Waals surface area contributed by atoms with Gasteiger partial charge < -0.3 is 19.7 Å². The number of rotatable bonds is 7. The molecule has 0 amide bonds. The van der Waals surface area contributed by atoms with Gasteiger partial charge >= 0.3 is 11.9 Å². The summed E-state index contributed by atoms with van der Waals surface area (Å²) < 4.78 is 34.8. The Morgan fingerprint density at radius 2 is 1.70 bits per heavy atom. The van der Waals surface area contributed by atoms with E-state index in [1.54, 1.807) is 12.1 Å². The number of aryl methyl sites for hydroxylation is 1. The number of hydrogen-bond donors (Lipinski definition) is 2. The van der Waals surface area contributed by atoms with Gasteiger partial charge in [0.1, 0.15) is 12.2 Å². The molecular weight excluding hydrogens is 376 g/mol. The third-order valence-electron chi connectivity index (χ3n) is 3.56. The minimum absolute atomic E-state index is 0.140. The summed E-state index contributed by atoms with van der Waals surface area (Å²) >= 11 is 0. The Morgan fingerprint density at radius 3 is 2.26 bits per heavy atom. The fourth-order valence-corrected chi connectivity index (χ4v) is 3.30. The van der Waals surface area contributed by atoms with Crippen molar-refractivity contribution in [3.05, 3.63) is 47.5 Å². The minimum Gasteiger partial charge on any atom is -0.504 e. The van der Waals surface area contributed by atoms with Crippen LogP contribution in [0.2, 0.25) is 0 Å². The first-order valence-corrected chi connectivity index (χ1v) is 9.47. The van der Waals surface area contributed by atoms with Gasteiger partial charge in [-0.05, 0) is 31.2 Å². The third kappa shape index (κ3) is 4.98. The molecule has 2 rings (SSSR count). The lowest BCUT2D eigenvalue weighted by Gasteiger charge is -2.14. The number of carbonyl (C=O) groups excluding carboxylic acids is 1. The molecule has 2 aromatic carbocycles. The third-order valence-corrected chi connectivity index (χ3v) is 5.26. The molecule has 144 valence electrons. The first-order chi connectivity index (χ1) is 12.6. The summed E-state index contributed by atoms with van der Waals surface area (Å²) in [4.78, 5) is 22.4. The van der Waals surface area contributed by atoms with E-state index in [-0.39, 0.29) is 23.0 Å². The molecule has 0 aliphatic carbocycles. The lowest BCUT2D eigenvalue weighted by molar-refractivity contribution is -0.132. The molecule has 0 saturated heterocycles. The molecule has 0 bridgehead atoms. The number of sulfone groups is 1. The molecule has 0 unspecified atom stereocenters. The van der Waals surface area contributed by atoms with Crippen LogP contribution in [-0.2, 0) is 14.6 Å². The molecule has 0 spiro atoms. The van der Waals surface area contributed by atoms with E-state index in [9.17, 15) is 23.1 Å². The van der Waals surface area contributed by atoms with Crippen molar-refractivity contribution in [3.63, 3.8) is 0 Å². The van der Waals surface area contributed by atoms with E-state index >= 15 is 0 Å². The van der Waals surface area contributed by atoms with Crippen LogP contribution in [0, 0.1) is 6.92 Å². The predicted octanol–water partition coefficient (Wildman–Crippen LogP) is 2.18. The Balaban J connectivity index is 2.19. The smallest absolute Gasteiger partial charge is 0.339 e. The highest BCUT2D eigenvalue weighted by molar-refractivity contribution is 7.91. The van der Waals surface area contributed by atoms with E-state index in [2.05, 4.69) is 0 Å². The SMILES string of the molecule is CC(=O)Oc1c(OCCS(=O)(=O)c2ccc(C)cc2)ccc(C(=O)O)c1O. The maximum atomic E-state index is 12.3. The number of hydrogen-bond acceptors (Lipinski definition) is 7. The largest absolute Gasteiger partial charge is 0.504 e. The van der Waals surface area contributed by atoms with Crippen molar-refractivity contribution in [2.45, 2.75) is 18.7 Å². The maximum Gasteiger partial charge on any atom is 0.339 e. The highest BCUT2D eigenvalue weighted by atomic mass is 32.2. The number of esters is 1. The summed E-state index contributed by atoms with van der Waals surface area (Å²) in [7, 11) is -3.60. The average molecular weight is 394 g/mol. The Morgan fingerprint density at radius 1 is 1.07 bits per heavy atom. The number of phenols is 1. The highest BCUT2D eigenvalue weighted by Gasteiger charge is 2.22. The van der Waals surface area contributed by atoms with Gasteiger partial charge in [-0.3, -0.25) is 4.79 Å². The standard InChI is InChI=1S/C18H18O8S/c1-11-3-5-13(6-4-11)27(23,24)10-9-25-15-8-7-14(18(21)22)16(20)17(15)26-12(2)19/h3-8,20H,9-10H2,1-2H3,(H,21,22). The molecule has 27 heavy (non-hydrogen) atoms. The van der Waals surface area contributed by atoms with Gasteiger partial charge in [-0.15, -0.1) is 0 Å². The average Bonchev–Trinajstić information content (AvgIpc) is 2.57. The first kappa shape index (κ1) is 20.2. The molecule has 9 heteroatoms. The van der Waals surface area contributed by atoms with Crippen LogP contribution >= 0.6 is 0 Å². The number of aromatic hydroxyl groups is 1. The van der Waals surface area contributed by atoms with Crippen molar-refractivity contribution in [1.82, 2.24) is 0 Å². The molecule has 0 heterocycles. The van der Waals surface area contributed by atoms with E-state index in [1.165, 1.54) is 18.2 Å². The zero-order chi connectivity index (χ0) is 20.2. The topological polar surface area (TPSA) is 127 Å². The molecular formula is C18H18O8S. The predicted molar refractivity (Wildman–Crippen MR) is 95.1 cm³/mol. The number of aromatic carboxylic acids is 1. The molecule has 0 aliphatic heterocycles. The normalized spacial score (nSPS) is 11.0. The maximum absolute atomic E-state index is 12.3. The van der Waals surface area contributed by atoms with Gasteiger partial charge in [0.05, 0.1) is 10.6 Å². The molecule has 0 aromatic heterocycles. The Labute approximate surface area is 155 Å². The van der Waals surface area contributed by atoms with E-state index in [1.807, 2.05) is 6.92 Å². The van der Waals surface area contributed by atoms with Crippen LogP contribution in [0.25, 0.3) is 0 Å². The molecule has 0 saturated carbocycles. The first-order valence-electron chi connectivity index (χ1n) is 7.81. The second kappa shape index (κ2) is 8.09. The quantitative estimate of drug-likeness (QED) is 0.540. The van der Waals surface area contributed by atoms with Crippen molar-refractivity contribution in [2.75, 3.05) is 12.4 Å². The van der Waals surface area contributed by atoms with Crippen LogP contribution in [0.15, 0.2) is 41.3 Å². The van der Waals surface area contributed by atoms with E-state index in [4.69, 9.17) is 14.6 Å². The number of carboxylic acid groups (broad SMARTS) is 1. The summed E-state index contributed by atoms with van der Waals surface area (Å²) in [6, 6.07) is 8.57. The van der Waals surface area contributed by atoms with E-state index < -0.39 is 38.8 Å². The molecule has 0 atom stereocenters. The summed E-state index contributed by atoms with van der Waals surface area (Å²) in [5.74, 6) is -3.99. The fourth-order valence-electron chi connectivity index (χ4n) is 2.21. The molecule has 8 nitrogen and oxygen atoms in total. The Hall–Kier alpha value is -3.07. The van der Waals surface area contributed by atoms with Crippen molar-refractivity contribution >= 4 is 21.8 Å². The summed E-state index contributed by atoms with van der Waals surface area (Å²) in [5.41, 5.74) is 0.441. The van der Waals surface area contributed by atoms with Gasteiger partial charge in [0.15, 0.2) is 21.3 Å². The van der Waals surface area contributed by atoms with Gasteiger partial charge in [-0.25, -0.2) is 13.2 Å². The zero-order valence-electron chi connectivity index (χ0n) is 14.6. The van der Waals surface area contributed by atoms with Crippen LogP contribution in [0.1, 0.15) is 22.8 Å². The van der Waals surface area contributed by atoms with Crippen LogP contribution in [0.5, 0.6) is 17.2 Å². The Bertz CT molecular complexity index is 962. The number of ether oxygens (including phenoxy) is 2. The highest BCUT2D eigenvalue weighted by Crippen LogP contribution is 2.39. The molecule has 0 radical (unpaired) electrons. The summed E-state index contributed by atoms with van der Waals surface area (Å²) in [5, 5.41) is 19.0. The molecule has 0 aliphatic rings. The van der Waals surface area contributed by atoms with Crippen molar-refractivity contribution in [2.24, 2.45) is 0 Å². The fraction of sp³-hybridized carbons (Fsp3) is 0.222. The van der Waals surface area contributed by atoms with Crippen LogP contribution in [0.4, 0.5) is 0 Å². The second-order valence-electron chi connectivity index (χ2n) is 5.67. The van der Waals surface area contributed by atoms with Gasteiger partial charge in [0.2, 0.25) is 5.75 Å². The summed E-state index contributed by atoms with van der Waals surface area (Å²) in [6.07, 6.45) is 0. The van der Waals surface area contributed by atoms with E-state index in [0.29, 0.717) is 0 Å². The van der Waals surface area contributed by atoms with Gasteiger partial charge in [-0.1, -0.05) is 17.7 Å². The monoisotopic (exact) mass is 394 g/mol. The minimum atomic E-state index is -3.60. The van der Waals surface area contributed by atoms with Crippen molar-refractivity contribution in [1.29, 1.82) is 0 Å². The number of carboxylic acids is 1. The summed E-state index contributed by atoms with van der Waals surface area (Å²) in [6.45, 7) is 2.61. The lowest BCUT2D eigenvalue weighted by Crippen LogP contribution is -2.15. The van der Waals surface area contributed by atoms with Crippen molar-refractivity contribution < 1.29 is 37.7 Å². The van der Waals surface area contributed by atoms with Crippen LogP contribution in [-0.4, -0.2) is 42.9 Å². The molecule has 2 N–H and O–H groups in total. The molecule has 2 aromatic rings. The lowest BCUT2D eigenvalue weighted by atomic mass is 10.1. The van der Waals surface area contributed by atoms with Gasteiger partial charge in [0.25, 0.3) is 0 Å². The zero-order valence-corrected chi connectivity index (χ0v) is 15.4. The second-order valence-corrected chi connectivity index (χ2v) is 7.78. The van der Waals surface area contributed by atoms with Crippen LogP contribution < -0.4 is 9.47 Å². The van der Waals surface area contributed by atoms with Crippen molar-refractivity contribution in [3.8, 4) is 17.2 Å². The van der Waals surface area contributed by atoms with Crippen LogP contribution in [0.3, 0.4) is 0 Å². The van der Waals surface area contributed by atoms with Gasteiger partial charge in [0, 0.05) is 6.92 Å². The van der Waals surface area contributed by atoms with Gasteiger partial charge in [-0.2, -0.15) is 0 Å². The van der Waals surface area contributed by atoms with E-state index in [0.717, 1.165) is 18.6 Å². The number of carbonyl (C=O) groups is 2.